The monoisotopic (exact) mass is 327 g/mol. The van der Waals surface area contributed by atoms with Crippen LogP contribution in [0.25, 0.3) is 0 Å². The minimum atomic E-state index is -1.04. The Labute approximate surface area is 141 Å². The number of carboxylic acid groups (broad SMARTS) is 1. The molecule has 0 atom stereocenters. The fourth-order valence-electron chi connectivity index (χ4n) is 2.69. The van der Waals surface area contributed by atoms with E-state index in [4.69, 9.17) is 4.74 Å². The molecule has 5 nitrogen and oxygen atoms in total. The summed E-state index contributed by atoms with van der Waals surface area (Å²) in [5.74, 6) is -0.509. The van der Waals surface area contributed by atoms with Gasteiger partial charge < -0.3 is 15.2 Å². The van der Waals surface area contributed by atoms with E-state index < -0.39 is 5.97 Å². The predicted octanol–water partition coefficient (Wildman–Crippen LogP) is 3.50. The van der Waals surface area contributed by atoms with Crippen LogP contribution in [0.5, 0.6) is 5.75 Å². The Balaban J connectivity index is 2.26. The molecule has 0 heterocycles. The molecule has 2 rings (SSSR count). The zero-order valence-corrected chi connectivity index (χ0v) is 14.3. The molecule has 1 amide bonds. The largest absolute Gasteiger partial charge is 0.496 e. The van der Waals surface area contributed by atoms with Crippen molar-refractivity contribution in [3.05, 3.63) is 58.1 Å². The summed E-state index contributed by atoms with van der Waals surface area (Å²) in [6, 6.07) is 8.40. The summed E-state index contributed by atoms with van der Waals surface area (Å²) < 4.78 is 5.33. The van der Waals surface area contributed by atoms with E-state index in [1.54, 1.807) is 25.3 Å². The van der Waals surface area contributed by atoms with Gasteiger partial charge in [0.2, 0.25) is 5.91 Å². The van der Waals surface area contributed by atoms with Gasteiger partial charge in [-0.2, -0.15) is 0 Å². The number of nitrogens with one attached hydrogen (secondary N) is 1. The summed E-state index contributed by atoms with van der Waals surface area (Å²) in [5, 5.41) is 12.1. The topological polar surface area (TPSA) is 75.6 Å². The minimum absolute atomic E-state index is 0.00638. The molecule has 5 heteroatoms. The third kappa shape index (κ3) is 3.56. The average molecular weight is 327 g/mol. The van der Waals surface area contributed by atoms with Crippen LogP contribution in [0.15, 0.2) is 30.3 Å². The van der Waals surface area contributed by atoms with Crippen molar-refractivity contribution in [2.45, 2.75) is 27.2 Å². The van der Waals surface area contributed by atoms with Crippen molar-refractivity contribution >= 4 is 17.6 Å². The Morgan fingerprint density at radius 3 is 2.42 bits per heavy atom. The van der Waals surface area contributed by atoms with E-state index >= 15 is 0 Å². The van der Waals surface area contributed by atoms with Gasteiger partial charge in [0.1, 0.15) is 5.75 Å². The first-order valence-electron chi connectivity index (χ1n) is 7.61. The summed E-state index contributed by atoms with van der Waals surface area (Å²) in [6.07, 6.45) is 0.00638. The first-order valence-corrected chi connectivity index (χ1v) is 7.61. The number of rotatable bonds is 5. The fourth-order valence-corrected chi connectivity index (χ4v) is 2.69. The number of aromatic carboxylic acids is 1. The molecule has 0 saturated heterocycles. The average Bonchev–Trinajstić information content (AvgIpc) is 2.55. The highest BCUT2D eigenvalue weighted by Gasteiger charge is 2.16. The minimum Gasteiger partial charge on any atom is -0.496 e. The highest BCUT2D eigenvalue weighted by atomic mass is 16.5. The lowest BCUT2D eigenvalue weighted by molar-refractivity contribution is -0.115. The predicted molar refractivity (Wildman–Crippen MR) is 92.9 cm³/mol. The van der Waals surface area contributed by atoms with Crippen LogP contribution < -0.4 is 10.1 Å². The third-order valence-corrected chi connectivity index (χ3v) is 4.13. The molecule has 0 radical (unpaired) electrons. The van der Waals surface area contributed by atoms with Crippen molar-refractivity contribution in [3.63, 3.8) is 0 Å². The number of carboxylic acids is 1. The highest BCUT2D eigenvalue weighted by molar-refractivity contribution is 5.97. The van der Waals surface area contributed by atoms with Crippen LogP contribution in [0, 0.1) is 20.8 Å². The molecular weight excluding hydrogens is 306 g/mol. The second kappa shape index (κ2) is 7.17. The van der Waals surface area contributed by atoms with E-state index in [2.05, 4.69) is 5.32 Å². The number of benzene rings is 2. The number of carbonyl (C=O) groups excluding carboxylic acids is 1. The lowest BCUT2D eigenvalue weighted by atomic mass is 10.0. The van der Waals surface area contributed by atoms with Crippen molar-refractivity contribution in [2.24, 2.45) is 0 Å². The maximum absolute atomic E-state index is 12.4. The normalized spacial score (nSPS) is 10.3. The van der Waals surface area contributed by atoms with Gasteiger partial charge >= 0.3 is 5.97 Å². The first kappa shape index (κ1) is 17.5. The fraction of sp³-hybridized carbons (Fsp3) is 0.263. The molecule has 0 aliphatic heterocycles. The van der Waals surface area contributed by atoms with Crippen LogP contribution in [0.3, 0.4) is 0 Å². The molecule has 2 N–H and O–H groups in total. The van der Waals surface area contributed by atoms with E-state index in [1.807, 2.05) is 26.8 Å². The second-order valence-corrected chi connectivity index (χ2v) is 5.71. The first-order chi connectivity index (χ1) is 11.3. The van der Waals surface area contributed by atoms with Crippen LogP contribution in [0.4, 0.5) is 5.69 Å². The van der Waals surface area contributed by atoms with E-state index in [9.17, 15) is 14.7 Å². The standard InChI is InChI=1S/C19H21NO4/c1-11-9-16(24-4)12(2)13(3)18(11)20-17(21)10-14-7-5-6-8-15(14)19(22)23/h5-9H,10H2,1-4H3,(H,20,21)(H,22,23). The van der Waals surface area contributed by atoms with Crippen LogP contribution in [-0.4, -0.2) is 24.1 Å². The Kier molecular flexibility index (Phi) is 5.24. The van der Waals surface area contributed by atoms with Gasteiger partial charge in [0.25, 0.3) is 0 Å². The Bertz CT molecular complexity index is 796. The maximum atomic E-state index is 12.4. The van der Waals surface area contributed by atoms with Crippen molar-refractivity contribution in [1.82, 2.24) is 0 Å². The van der Waals surface area contributed by atoms with Crippen LogP contribution in [0.2, 0.25) is 0 Å². The quantitative estimate of drug-likeness (QED) is 0.881. The lowest BCUT2D eigenvalue weighted by Crippen LogP contribution is -2.18. The van der Waals surface area contributed by atoms with Gasteiger partial charge in [0, 0.05) is 5.69 Å². The summed E-state index contributed by atoms with van der Waals surface area (Å²) in [7, 11) is 1.61. The molecular formula is C19H21NO4. The number of anilines is 1. The Hall–Kier alpha value is -2.82. The number of methoxy groups -OCH3 is 1. The van der Waals surface area contributed by atoms with E-state index in [1.165, 1.54) is 6.07 Å². The van der Waals surface area contributed by atoms with Crippen LogP contribution >= 0.6 is 0 Å². The number of aryl methyl sites for hydroxylation is 1. The van der Waals surface area contributed by atoms with Crippen LogP contribution in [-0.2, 0) is 11.2 Å². The molecule has 0 aromatic heterocycles. The molecule has 0 unspecified atom stereocenters. The number of amides is 1. The molecule has 0 saturated carbocycles. The van der Waals surface area contributed by atoms with Crippen molar-refractivity contribution < 1.29 is 19.4 Å². The van der Waals surface area contributed by atoms with Gasteiger partial charge in [-0.15, -0.1) is 0 Å². The highest BCUT2D eigenvalue weighted by Crippen LogP contribution is 2.31. The molecule has 24 heavy (non-hydrogen) atoms. The van der Waals surface area contributed by atoms with Crippen molar-refractivity contribution in [3.8, 4) is 5.75 Å². The summed E-state index contributed by atoms with van der Waals surface area (Å²) >= 11 is 0. The van der Waals surface area contributed by atoms with Gasteiger partial charge in [-0.1, -0.05) is 18.2 Å². The van der Waals surface area contributed by atoms with E-state index in [-0.39, 0.29) is 17.9 Å². The molecule has 0 fully saturated rings. The Morgan fingerprint density at radius 1 is 1.12 bits per heavy atom. The number of ether oxygens (including phenoxy) is 1. The van der Waals surface area contributed by atoms with Gasteiger partial charge in [0.15, 0.2) is 0 Å². The second-order valence-electron chi connectivity index (χ2n) is 5.71. The van der Waals surface area contributed by atoms with Crippen LogP contribution in [0.1, 0.15) is 32.6 Å². The maximum Gasteiger partial charge on any atom is 0.335 e. The molecule has 0 aliphatic rings. The molecule has 0 aliphatic carbocycles. The SMILES string of the molecule is COc1cc(C)c(NC(=O)Cc2ccccc2C(=O)O)c(C)c1C. The molecule has 2 aromatic rings. The number of hydrogen-bond donors (Lipinski definition) is 2. The van der Waals surface area contributed by atoms with Crippen molar-refractivity contribution in [1.29, 1.82) is 0 Å². The zero-order valence-electron chi connectivity index (χ0n) is 14.3. The van der Waals surface area contributed by atoms with Gasteiger partial charge in [-0.3, -0.25) is 4.79 Å². The Morgan fingerprint density at radius 2 is 1.79 bits per heavy atom. The van der Waals surface area contributed by atoms with Gasteiger partial charge in [-0.25, -0.2) is 4.79 Å². The lowest BCUT2D eigenvalue weighted by Gasteiger charge is -2.17. The summed E-state index contributed by atoms with van der Waals surface area (Å²) in [6.45, 7) is 5.75. The smallest absolute Gasteiger partial charge is 0.335 e. The van der Waals surface area contributed by atoms with E-state index in [0.717, 1.165) is 28.1 Å². The third-order valence-electron chi connectivity index (χ3n) is 4.13. The number of hydrogen-bond acceptors (Lipinski definition) is 3. The molecule has 0 spiro atoms. The summed E-state index contributed by atoms with van der Waals surface area (Å²) in [5.41, 5.74) is 4.17. The molecule has 126 valence electrons. The van der Waals surface area contributed by atoms with Gasteiger partial charge in [-0.05, 0) is 55.2 Å². The zero-order chi connectivity index (χ0) is 17.9. The van der Waals surface area contributed by atoms with E-state index in [0.29, 0.717) is 5.56 Å². The van der Waals surface area contributed by atoms with Crippen molar-refractivity contribution in [2.75, 3.05) is 12.4 Å². The van der Waals surface area contributed by atoms with Gasteiger partial charge in [0.05, 0.1) is 19.1 Å². The molecule has 2 aromatic carbocycles. The molecule has 0 bridgehead atoms. The summed E-state index contributed by atoms with van der Waals surface area (Å²) in [4.78, 5) is 23.6. The number of carbonyl (C=O) groups is 2.